The van der Waals surface area contributed by atoms with Crippen molar-refractivity contribution in [1.29, 1.82) is 0 Å². The number of para-hydroxylation sites is 1. The first-order valence-electron chi connectivity index (χ1n) is 9.62. The van der Waals surface area contributed by atoms with Crippen molar-refractivity contribution in [2.45, 2.75) is 26.7 Å². The number of furan rings is 1. The predicted octanol–water partition coefficient (Wildman–Crippen LogP) is 5.07. The Kier molecular flexibility index (Phi) is 6.47. The summed E-state index contributed by atoms with van der Waals surface area (Å²) in [7, 11) is 0. The van der Waals surface area contributed by atoms with Crippen LogP contribution in [-0.2, 0) is 9.53 Å². The van der Waals surface area contributed by atoms with E-state index in [4.69, 9.17) is 9.15 Å². The van der Waals surface area contributed by atoms with Gasteiger partial charge in [-0.25, -0.2) is 4.79 Å². The Morgan fingerprint density at radius 2 is 1.67 bits per heavy atom. The number of anilines is 1. The molecule has 0 unspecified atom stereocenters. The third-order valence-electron chi connectivity index (χ3n) is 4.57. The number of amides is 1. The van der Waals surface area contributed by atoms with E-state index in [0.717, 1.165) is 11.1 Å². The summed E-state index contributed by atoms with van der Waals surface area (Å²) in [6.45, 7) is 5.14. The summed E-state index contributed by atoms with van der Waals surface area (Å²) in [5.41, 5.74) is 3.02. The fourth-order valence-corrected chi connectivity index (χ4v) is 2.97. The van der Waals surface area contributed by atoms with Gasteiger partial charge in [-0.05, 0) is 36.6 Å². The Hall–Kier alpha value is -3.67. The lowest BCUT2D eigenvalue weighted by atomic mass is 10.0. The zero-order valence-corrected chi connectivity index (χ0v) is 17.1. The highest BCUT2D eigenvalue weighted by atomic mass is 16.5. The van der Waals surface area contributed by atoms with Gasteiger partial charge in [-0.2, -0.15) is 0 Å². The molecule has 30 heavy (non-hydrogen) atoms. The Labute approximate surface area is 174 Å². The normalized spacial score (nSPS) is 10.7. The SMILES string of the molecule is CC(=O)c1ccc(-c2ccc(C(=O)OCC(=O)Nc3ccccc3C(C)C)o2)cc1. The molecule has 3 rings (SSSR count). The molecule has 2 aromatic carbocycles. The molecule has 1 amide bonds. The first kappa shape index (κ1) is 21.0. The molecule has 0 radical (unpaired) electrons. The molecule has 0 aliphatic carbocycles. The van der Waals surface area contributed by atoms with Gasteiger partial charge in [0.05, 0.1) is 0 Å². The van der Waals surface area contributed by atoms with Crippen molar-refractivity contribution in [1.82, 2.24) is 0 Å². The van der Waals surface area contributed by atoms with Crippen LogP contribution in [0.25, 0.3) is 11.3 Å². The van der Waals surface area contributed by atoms with Crippen molar-refractivity contribution in [2.24, 2.45) is 0 Å². The molecule has 3 aromatic rings. The van der Waals surface area contributed by atoms with Crippen molar-refractivity contribution in [2.75, 3.05) is 11.9 Å². The molecule has 1 heterocycles. The van der Waals surface area contributed by atoms with Gasteiger partial charge in [-0.1, -0.05) is 56.3 Å². The maximum absolute atomic E-state index is 12.2. The number of benzene rings is 2. The van der Waals surface area contributed by atoms with Crippen LogP contribution >= 0.6 is 0 Å². The lowest BCUT2D eigenvalue weighted by Gasteiger charge is -2.13. The smallest absolute Gasteiger partial charge is 0.374 e. The molecule has 0 atom stereocenters. The Morgan fingerprint density at radius 3 is 2.33 bits per heavy atom. The number of hydrogen-bond acceptors (Lipinski definition) is 5. The van der Waals surface area contributed by atoms with E-state index in [1.54, 1.807) is 30.3 Å². The minimum atomic E-state index is -0.728. The largest absolute Gasteiger partial charge is 0.450 e. The molecule has 0 spiro atoms. The second-order valence-electron chi connectivity index (χ2n) is 7.16. The van der Waals surface area contributed by atoms with Crippen molar-refractivity contribution in [3.63, 3.8) is 0 Å². The number of ketones is 1. The van der Waals surface area contributed by atoms with E-state index >= 15 is 0 Å². The first-order valence-corrected chi connectivity index (χ1v) is 9.62. The van der Waals surface area contributed by atoms with Crippen LogP contribution in [0, 0.1) is 0 Å². The second kappa shape index (κ2) is 9.22. The summed E-state index contributed by atoms with van der Waals surface area (Å²) in [6.07, 6.45) is 0. The zero-order chi connectivity index (χ0) is 21.7. The second-order valence-corrected chi connectivity index (χ2v) is 7.16. The van der Waals surface area contributed by atoms with Crippen LogP contribution < -0.4 is 5.32 Å². The molecule has 0 aliphatic rings. The molecule has 154 valence electrons. The molecule has 1 N–H and O–H groups in total. The van der Waals surface area contributed by atoms with Gasteiger partial charge in [-0.15, -0.1) is 0 Å². The number of carbonyl (C=O) groups is 3. The van der Waals surface area contributed by atoms with E-state index < -0.39 is 18.5 Å². The summed E-state index contributed by atoms with van der Waals surface area (Å²) < 4.78 is 10.6. The number of rotatable bonds is 7. The van der Waals surface area contributed by atoms with E-state index in [-0.39, 0.29) is 17.5 Å². The topological polar surface area (TPSA) is 85.6 Å². The molecular weight excluding hydrogens is 382 g/mol. The van der Waals surface area contributed by atoms with Crippen molar-refractivity contribution in [3.05, 3.63) is 77.6 Å². The molecule has 0 saturated carbocycles. The van der Waals surface area contributed by atoms with E-state index in [9.17, 15) is 14.4 Å². The van der Waals surface area contributed by atoms with Gasteiger partial charge in [0.2, 0.25) is 5.76 Å². The maximum atomic E-state index is 12.2. The van der Waals surface area contributed by atoms with E-state index in [2.05, 4.69) is 5.32 Å². The molecule has 6 heteroatoms. The van der Waals surface area contributed by atoms with Gasteiger partial charge >= 0.3 is 5.97 Å². The average Bonchev–Trinajstić information content (AvgIpc) is 3.22. The summed E-state index contributed by atoms with van der Waals surface area (Å²) in [5.74, 6) is -0.477. The summed E-state index contributed by atoms with van der Waals surface area (Å²) in [6, 6.07) is 17.5. The summed E-state index contributed by atoms with van der Waals surface area (Å²) in [4.78, 5) is 35.8. The quantitative estimate of drug-likeness (QED) is 0.438. The minimum Gasteiger partial charge on any atom is -0.450 e. The molecule has 1 aromatic heterocycles. The number of carbonyl (C=O) groups excluding carboxylic acids is 3. The third kappa shape index (κ3) is 5.03. The summed E-state index contributed by atoms with van der Waals surface area (Å²) in [5, 5.41) is 2.77. The van der Waals surface area contributed by atoms with Gasteiger partial charge in [0, 0.05) is 16.8 Å². The Morgan fingerprint density at radius 1 is 0.967 bits per heavy atom. The van der Waals surface area contributed by atoms with Gasteiger partial charge in [0.1, 0.15) is 5.76 Å². The fraction of sp³-hybridized carbons (Fsp3) is 0.208. The molecular formula is C24H23NO5. The number of nitrogens with one attached hydrogen (secondary N) is 1. The van der Waals surface area contributed by atoms with Crippen LogP contribution in [0.1, 0.15) is 53.2 Å². The highest BCUT2D eigenvalue weighted by molar-refractivity contribution is 5.96. The van der Waals surface area contributed by atoms with Crippen LogP contribution in [0.5, 0.6) is 0 Å². The highest BCUT2D eigenvalue weighted by Crippen LogP contribution is 2.24. The van der Waals surface area contributed by atoms with Gasteiger partial charge in [0.25, 0.3) is 5.91 Å². The van der Waals surface area contributed by atoms with Crippen LogP contribution in [0.3, 0.4) is 0 Å². The zero-order valence-electron chi connectivity index (χ0n) is 17.1. The predicted molar refractivity (Wildman–Crippen MR) is 114 cm³/mol. The standard InChI is InChI=1S/C24H23NO5/c1-15(2)19-6-4-5-7-20(19)25-23(27)14-29-24(28)22-13-12-21(30-22)18-10-8-17(9-11-18)16(3)26/h4-13,15H,14H2,1-3H3,(H,25,27). The molecule has 0 saturated heterocycles. The molecule has 6 nitrogen and oxygen atoms in total. The fourth-order valence-electron chi connectivity index (χ4n) is 2.97. The van der Waals surface area contributed by atoms with Crippen LogP contribution in [-0.4, -0.2) is 24.3 Å². The van der Waals surface area contributed by atoms with E-state index in [1.165, 1.54) is 13.0 Å². The van der Waals surface area contributed by atoms with Gasteiger partial charge in [0.15, 0.2) is 12.4 Å². The Balaban J connectivity index is 1.59. The third-order valence-corrected chi connectivity index (χ3v) is 4.57. The van der Waals surface area contributed by atoms with Gasteiger partial charge in [-0.3, -0.25) is 9.59 Å². The van der Waals surface area contributed by atoms with Crippen LogP contribution in [0.15, 0.2) is 65.1 Å². The summed E-state index contributed by atoms with van der Waals surface area (Å²) >= 11 is 0. The van der Waals surface area contributed by atoms with Crippen molar-refractivity contribution < 1.29 is 23.5 Å². The molecule has 0 aliphatic heterocycles. The number of esters is 1. The number of ether oxygens (including phenoxy) is 1. The van der Waals surface area contributed by atoms with Crippen molar-refractivity contribution >= 4 is 23.3 Å². The maximum Gasteiger partial charge on any atom is 0.374 e. The number of Topliss-reactive ketones (excluding diaryl/α,β-unsaturated/α-hetero) is 1. The first-order chi connectivity index (χ1) is 14.3. The highest BCUT2D eigenvalue weighted by Gasteiger charge is 2.16. The van der Waals surface area contributed by atoms with E-state index in [0.29, 0.717) is 17.0 Å². The molecule has 0 bridgehead atoms. The van der Waals surface area contributed by atoms with Crippen LogP contribution in [0.2, 0.25) is 0 Å². The van der Waals surface area contributed by atoms with E-state index in [1.807, 2.05) is 38.1 Å². The lowest BCUT2D eigenvalue weighted by molar-refractivity contribution is -0.119. The Bertz CT molecular complexity index is 1060. The lowest BCUT2D eigenvalue weighted by Crippen LogP contribution is -2.21. The number of hydrogen-bond donors (Lipinski definition) is 1. The van der Waals surface area contributed by atoms with Gasteiger partial charge < -0.3 is 14.5 Å². The average molecular weight is 405 g/mol. The van der Waals surface area contributed by atoms with Crippen molar-refractivity contribution in [3.8, 4) is 11.3 Å². The minimum absolute atomic E-state index is 0.00368. The monoisotopic (exact) mass is 405 g/mol. The molecule has 0 fully saturated rings. The van der Waals surface area contributed by atoms with Crippen LogP contribution in [0.4, 0.5) is 5.69 Å².